The summed E-state index contributed by atoms with van der Waals surface area (Å²) in [5, 5.41) is 10.3. The second-order valence-corrected chi connectivity index (χ2v) is 5.77. The van der Waals surface area contributed by atoms with E-state index in [0.717, 1.165) is 32.1 Å². The van der Waals surface area contributed by atoms with E-state index in [-0.39, 0.29) is 12.1 Å². The van der Waals surface area contributed by atoms with Gasteiger partial charge in [0.05, 0.1) is 5.60 Å². The lowest BCUT2D eigenvalue weighted by molar-refractivity contribution is -0.197. The smallest absolute Gasteiger partial charge is 0.302 e. The number of esters is 1. The largest absolute Gasteiger partial charge is 0.462 e. The number of rotatable bonds is 1. The van der Waals surface area contributed by atoms with Gasteiger partial charge in [-0.05, 0) is 49.9 Å². The van der Waals surface area contributed by atoms with E-state index >= 15 is 0 Å². The van der Waals surface area contributed by atoms with Crippen molar-refractivity contribution in [2.75, 3.05) is 0 Å². The molecule has 2 atom stereocenters. The lowest BCUT2D eigenvalue weighted by atomic mass is 9.53. The van der Waals surface area contributed by atoms with Crippen LogP contribution in [0.3, 0.4) is 0 Å². The Morgan fingerprint density at radius 1 is 1.27 bits per heavy atom. The van der Waals surface area contributed by atoms with E-state index < -0.39 is 5.60 Å². The minimum atomic E-state index is -0.423. The van der Waals surface area contributed by atoms with Crippen molar-refractivity contribution in [1.29, 1.82) is 0 Å². The van der Waals surface area contributed by atoms with Crippen molar-refractivity contribution < 1.29 is 14.6 Å². The number of ether oxygens (including phenoxy) is 1. The Morgan fingerprint density at radius 3 is 2.33 bits per heavy atom. The van der Waals surface area contributed by atoms with Crippen molar-refractivity contribution in [2.45, 2.75) is 50.7 Å². The highest BCUT2D eigenvalue weighted by Crippen LogP contribution is 2.56. The number of carbonyl (C=O) groups excluding carboxylic acids is 1. The van der Waals surface area contributed by atoms with Crippen LogP contribution >= 0.6 is 0 Å². The fourth-order valence-corrected chi connectivity index (χ4v) is 4.32. The van der Waals surface area contributed by atoms with Crippen LogP contribution in [0.4, 0.5) is 0 Å². The Bertz CT molecular complexity index is 283. The first-order valence-electron chi connectivity index (χ1n) is 5.95. The molecule has 4 aliphatic rings. The van der Waals surface area contributed by atoms with Crippen LogP contribution in [0.5, 0.6) is 0 Å². The quantitative estimate of drug-likeness (QED) is 0.667. The molecule has 0 aromatic heterocycles. The Labute approximate surface area is 89.8 Å². The lowest BCUT2D eigenvalue weighted by Gasteiger charge is -2.57. The molecule has 0 radical (unpaired) electrons. The van der Waals surface area contributed by atoms with E-state index in [1.54, 1.807) is 0 Å². The van der Waals surface area contributed by atoms with Gasteiger partial charge in [0, 0.05) is 6.92 Å². The molecule has 0 aromatic rings. The van der Waals surface area contributed by atoms with E-state index in [1.165, 1.54) is 6.92 Å². The van der Waals surface area contributed by atoms with Gasteiger partial charge < -0.3 is 9.84 Å². The second kappa shape index (κ2) is 2.97. The zero-order valence-corrected chi connectivity index (χ0v) is 9.11. The Balaban J connectivity index is 1.82. The summed E-state index contributed by atoms with van der Waals surface area (Å²) >= 11 is 0. The van der Waals surface area contributed by atoms with Gasteiger partial charge in [0.25, 0.3) is 0 Å². The number of hydrogen-bond donors (Lipinski definition) is 1. The van der Waals surface area contributed by atoms with Gasteiger partial charge in [0.1, 0.15) is 6.10 Å². The molecule has 0 aliphatic heterocycles. The minimum Gasteiger partial charge on any atom is -0.462 e. The molecule has 15 heavy (non-hydrogen) atoms. The molecule has 0 heterocycles. The molecule has 1 N–H and O–H groups in total. The molecule has 4 rings (SSSR count). The maximum atomic E-state index is 11.0. The van der Waals surface area contributed by atoms with Crippen LogP contribution < -0.4 is 0 Å². The summed E-state index contributed by atoms with van der Waals surface area (Å²) in [6, 6.07) is 0. The van der Waals surface area contributed by atoms with Crippen LogP contribution in [0.25, 0.3) is 0 Å². The topological polar surface area (TPSA) is 46.5 Å². The third-order valence-electron chi connectivity index (χ3n) is 4.46. The van der Waals surface area contributed by atoms with Gasteiger partial charge in [-0.15, -0.1) is 0 Å². The SMILES string of the molecule is CC(=O)OC1C2CC3CC1CC(O)(C3)C2. The predicted octanol–water partition coefficient (Wildman–Crippen LogP) is 1.49. The molecule has 84 valence electrons. The van der Waals surface area contributed by atoms with Crippen molar-refractivity contribution in [3.63, 3.8) is 0 Å². The van der Waals surface area contributed by atoms with Gasteiger partial charge in [0.15, 0.2) is 0 Å². The van der Waals surface area contributed by atoms with Gasteiger partial charge >= 0.3 is 5.97 Å². The number of hydrogen-bond acceptors (Lipinski definition) is 3. The second-order valence-electron chi connectivity index (χ2n) is 5.77. The summed E-state index contributed by atoms with van der Waals surface area (Å²) in [5.74, 6) is 1.36. The highest BCUT2D eigenvalue weighted by Gasteiger charge is 2.55. The monoisotopic (exact) mass is 210 g/mol. The number of aliphatic hydroxyl groups is 1. The molecule has 4 bridgehead atoms. The summed E-state index contributed by atoms with van der Waals surface area (Å²) in [6.07, 6.45) is 5.07. The molecule has 4 aliphatic carbocycles. The van der Waals surface area contributed by atoms with E-state index in [4.69, 9.17) is 4.74 Å². The van der Waals surface area contributed by atoms with Crippen LogP contribution in [0.1, 0.15) is 39.0 Å². The molecule has 2 unspecified atom stereocenters. The van der Waals surface area contributed by atoms with Crippen molar-refractivity contribution in [3.8, 4) is 0 Å². The molecular formula is C12H18O3. The molecule has 0 amide bonds. The molecule has 4 fully saturated rings. The summed E-state index contributed by atoms with van der Waals surface area (Å²) < 4.78 is 5.42. The molecule has 0 saturated heterocycles. The van der Waals surface area contributed by atoms with Crippen LogP contribution in [0.15, 0.2) is 0 Å². The average molecular weight is 210 g/mol. The predicted molar refractivity (Wildman–Crippen MR) is 54.1 cm³/mol. The molecule has 0 aromatic carbocycles. The van der Waals surface area contributed by atoms with E-state index in [2.05, 4.69) is 0 Å². The number of carbonyl (C=O) groups is 1. The maximum absolute atomic E-state index is 11.0. The third kappa shape index (κ3) is 1.48. The van der Waals surface area contributed by atoms with Gasteiger partial charge in [0.2, 0.25) is 0 Å². The van der Waals surface area contributed by atoms with E-state index in [1.807, 2.05) is 0 Å². The summed E-state index contributed by atoms with van der Waals surface area (Å²) in [4.78, 5) is 11.0. The summed E-state index contributed by atoms with van der Waals surface area (Å²) in [5.41, 5.74) is -0.423. The fourth-order valence-electron chi connectivity index (χ4n) is 4.32. The van der Waals surface area contributed by atoms with Crippen LogP contribution in [-0.2, 0) is 9.53 Å². The van der Waals surface area contributed by atoms with Gasteiger partial charge in [-0.1, -0.05) is 0 Å². The molecule has 0 spiro atoms. The van der Waals surface area contributed by atoms with Gasteiger partial charge in [-0.2, -0.15) is 0 Å². The third-order valence-corrected chi connectivity index (χ3v) is 4.46. The average Bonchev–Trinajstić information content (AvgIpc) is 2.08. The first-order valence-corrected chi connectivity index (χ1v) is 5.95. The molecular weight excluding hydrogens is 192 g/mol. The zero-order valence-electron chi connectivity index (χ0n) is 9.11. The van der Waals surface area contributed by atoms with Crippen LogP contribution in [0.2, 0.25) is 0 Å². The van der Waals surface area contributed by atoms with E-state index in [9.17, 15) is 9.90 Å². The standard InChI is InChI=1S/C12H18O3/c1-7(13)15-11-9-2-8-3-10(11)6-12(14,4-8)5-9/h8-11,14H,2-6H2,1H3. The first kappa shape index (κ1) is 9.64. The Morgan fingerprint density at radius 2 is 1.87 bits per heavy atom. The summed E-state index contributed by atoms with van der Waals surface area (Å²) in [7, 11) is 0. The van der Waals surface area contributed by atoms with Crippen molar-refractivity contribution in [1.82, 2.24) is 0 Å². The van der Waals surface area contributed by atoms with Crippen molar-refractivity contribution in [3.05, 3.63) is 0 Å². The normalized spacial score (nSPS) is 51.9. The van der Waals surface area contributed by atoms with E-state index in [0.29, 0.717) is 17.8 Å². The lowest BCUT2D eigenvalue weighted by Crippen LogP contribution is -2.57. The maximum Gasteiger partial charge on any atom is 0.302 e. The highest BCUT2D eigenvalue weighted by molar-refractivity contribution is 5.66. The minimum absolute atomic E-state index is 0.0966. The van der Waals surface area contributed by atoms with Crippen molar-refractivity contribution in [2.24, 2.45) is 17.8 Å². The molecule has 3 nitrogen and oxygen atoms in total. The molecule has 4 saturated carbocycles. The zero-order chi connectivity index (χ0) is 10.6. The first-order chi connectivity index (χ1) is 7.06. The van der Waals surface area contributed by atoms with Gasteiger partial charge in [-0.3, -0.25) is 4.79 Å². The van der Waals surface area contributed by atoms with Crippen LogP contribution in [0, 0.1) is 17.8 Å². The van der Waals surface area contributed by atoms with Crippen LogP contribution in [-0.4, -0.2) is 22.8 Å². The van der Waals surface area contributed by atoms with Crippen molar-refractivity contribution >= 4 is 5.97 Å². The van der Waals surface area contributed by atoms with Gasteiger partial charge in [-0.25, -0.2) is 0 Å². The Kier molecular flexibility index (Phi) is 1.91. The Hall–Kier alpha value is -0.570. The molecule has 3 heteroatoms. The summed E-state index contributed by atoms with van der Waals surface area (Å²) in [6.45, 7) is 1.49. The highest BCUT2D eigenvalue weighted by atomic mass is 16.5. The fraction of sp³-hybridized carbons (Fsp3) is 0.917.